The molecule has 0 spiro atoms. The average molecular weight is 387 g/mol. The minimum atomic E-state index is -0.511. The predicted molar refractivity (Wildman–Crippen MR) is 112 cm³/mol. The number of aryl methyl sites for hydroxylation is 1. The summed E-state index contributed by atoms with van der Waals surface area (Å²) in [7, 11) is 0. The van der Waals surface area contributed by atoms with E-state index in [1.807, 2.05) is 19.1 Å². The fourth-order valence-electron chi connectivity index (χ4n) is 4.30. The lowest BCUT2D eigenvalue weighted by atomic mass is 9.90. The average Bonchev–Trinajstić information content (AvgIpc) is 3.41. The van der Waals surface area contributed by atoms with Crippen LogP contribution in [0.25, 0.3) is 0 Å². The van der Waals surface area contributed by atoms with E-state index in [-0.39, 0.29) is 30.8 Å². The molecule has 1 aliphatic heterocycles. The largest absolute Gasteiger partial charge is 0.392 e. The van der Waals surface area contributed by atoms with Gasteiger partial charge in [-0.2, -0.15) is 0 Å². The number of aliphatic hydroxyl groups is 2. The second-order valence-electron chi connectivity index (χ2n) is 8.08. The number of hydrogen-bond donors (Lipinski definition) is 4. The first-order valence-corrected chi connectivity index (χ1v) is 10.4. The lowest BCUT2D eigenvalue weighted by Gasteiger charge is -2.20. The summed E-state index contributed by atoms with van der Waals surface area (Å²) < 4.78 is 5.96. The zero-order valence-electron chi connectivity index (χ0n) is 16.9. The highest BCUT2D eigenvalue weighted by molar-refractivity contribution is 5.36. The van der Waals surface area contributed by atoms with Crippen LogP contribution in [-0.2, 0) is 11.2 Å². The molecule has 0 saturated carbocycles. The van der Waals surface area contributed by atoms with Crippen LogP contribution in [-0.4, -0.2) is 47.3 Å². The second kappa shape index (κ2) is 9.81. The predicted octanol–water partition coefficient (Wildman–Crippen LogP) is 2.29. The summed E-state index contributed by atoms with van der Waals surface area (Å²) in [6.45, 7) is 4.33. The molecular formula is C23H34N2O3. The molecule has 3 rings (SSSR count). The van der Waals surface area contributed by atoms with Crippen molar-refractivity contribution in [3.05, 3.63) is 59.2 Å². The Morgan fingerprint density at radius 1 is 1.32 bits per heavy atom. The number of benzene rings is 1. The first kappa shape index (κ1) is 21.2. The first-order valence-electron chi connectivity index (χ1n) is 10.4. The van der Waals surface area contributed by atoms with Gasteiger partial charge in [0.2, 0.25) is 0 Å². The number of nitrogens with one attached hydrogen (secondary N) is 1. The lowest BCUT2D eigenvalue weighted by Crippen LogP contribution is -2.41. The van der Waals surface area contributed by atoms with Crippen LogP contribution < -0.4 is 11.1 Å². The van der Waals surface area contributed by atoms with Gasteiger partial charge in [0.05, 0.1) is 18.2 Å². The molecule has 2 aliphatic rings. The van der Waals surface area contributed by atoms with Crippen molar-refractivity contribution < 1.29 is 14.9 Å². The third-order valence-electron chi connectivity index (χ3n) is 5.90. The van der Waals surface area contributed by atoms with Crippen LogP contribution in [0.3, 0.4) is 0 Å². The van der Waals surface area contributed by atoms with Gasteiger partial charge in [-0.15, -0.1) is 0 Å². The highest BCUT2D eigenvalue weighted by Gasteiger charge is 2.47. The standard InChI is InChI=1S/C23H34N2O3/c1-3-7-19-15(2)12-20(27)21(19)25-23-22(28-23)17(13-18(26)14-24)11-10-16-8-5-4-6-9-16/h3-9,17-18,20-23,25-27H,10-14,24H2,1-2H3. The molecule has 5 heteroatoms. The van der Waals surface area contributed by atoms with Crippen LogP contribution in [0.4, 0.5) is 0 Å². The molecular weight excluding hydrogens is 352 g/mol. The molecule has 0 amide bonds. The monoisotopic (exact) mass is 386 g/mol. The molecule has 5 nitrogen and oxygen atoms in total. The van der Waals surface area contributed by atoms with Crippen molar-refractivity contribution >= 4 is 0 Å². The van der Waals surface area contributed by atoms with Gasteiger partial charge in [0.25, 0.3) is 0 Å². The summed E-state index contributed by atoms with van der Waals surface area (Å²) in [5, 5.41) is 24.0. The van der Waals surface area contributed by atoms with Crippen LogP contribution in [0.2, 0.25) is 0 Å². The Labute approximate surface area is 168 Å². The highest BCUT2D eigenvalue weighted by atomic mass is 16.6. The number of nitrogens with two attached hydrogens (primary N) is 1. The molecule has 1 aromatic rings. The van der Waals surface area contributed by atoms with Crippen molar-refractivity contribution in [2.45, 2.75) is 70.1 Å². The van der Waals surface area contributed by atoms with Crippen LogP contribution in [0.1, 0.15) is 38.7 Å². The number of epoxide rings is 1. The molecule has 0 aromatic heterocycles. The van der Waals surface area contributed by atoms with E-state index in [0.29, 0.717) is 12.8 Å². The van der Waals surface area contributed by atoms with Crippen molar-refractivity contribution in [3.8, 4) is 0 Å². The third-order valence-corrected chi connectivity index (χ3v) is 5.90. The van der Waals surface area contributed by atoms with Crippen LogP contribution in [0.15, 0.2) is 53.6 Å². The van der Waals surface area contributed by atoms with Gasteiger partial charge in [-0.25, -0.2) is 0 Å². The Hall–Kier alpha value is -1.50. The fourth-order valence-corrected chi connectivity index (χ4v) is 4.30. The molecule has 28 heavy (non-hydrogen) atoms. The van der Waals surface area contributed by atoms with Crippen LogP contribution >= 0.6 is 0 Å². The fraction of sp³-hybridized carbons (Fsp3) is 0.565. The molecule has 6 unspecified atom stereocenters. The summed E-state index contributed by atoms with van der Waals surface area (Å²) in [6, 6.07) is 10.3. The number of rotatable bonds is 10. The van der Waals surface area contributed by atoms with E-state index >= 15 is 0 Å². The molecule has 1 fully saturated rings. The minimum Gasteiger partial charge on any atom is -0.392 e. The number of aliphatic hydroxyl groups excluding tert-OH is 2. The molecule has 5 N–H and O–H groups in total. The van der Waals surface area contributed by atoms with E-state index in [2.05, 4.69) is 42.6 Å². The smallest absolute Gasteiger partial charge is 0.136 e. The van der Waals surface area contributed by atoms with Crippen molar-refractivity contribution in [2.24, 2.45) is 11.7 Å². The van der Waals surface area contributed by atoms with E-state index < -0.39 is 12.2 Å². The van der Waals surface area contributed by atoms with Gasteiger partial charge in [0, 0.05) is 6.54 Å². The lowest BCUT2D eigenvalue weighted by molar-refractivity contribution is 0.135. The van der Waals surface area contributed by atoms with E-state index in [4.69, 9.17) is 10.5 Å². The number of allylic oxidation sites excluding steroid dienone is 1. The Kier molecular flexibility index (Phi) is 7.43. The summed E-state index contributed by atoms with van der Waals surface area (Å²) in [5.41, 5.74) is 9.32. The maximum absolute atomic E-state index is 10.4. The molecule has 6 atom stereocenters. The number of ether oxygens (including phenoxy) is 1. The molecule has 1 aromatic carbocycles. The molecule has 1 aliphatic carbocycles. The Morgan fingerprint density at radius 3 is 2.75 bits per heavy atom. The number of hydrogen-bond acceptors (Lipinski definition) is 5. The molecule has 1 heterocycles. The highest BCUT2D eigenvalue weighted by Crippen LogP contribution is 2.36. The van der Waals surface area contributed by atoms with Crippen molar-refractivity contribution in [1.82, 2.24) is 5.32 Å². The summed E-state index contributed by atoms with van der Waals surface area (Å²) >= 11 is 0. The maximum atomic E-state index is 10.4. The van der Waals surface area contributed by atoms with E-state index in [1.54, 1.807) is 0 Å². The Balaban J connectivity index is 1.61. The Morgan fingerprint density at radius 2 is 2.07 bits per heavy atom. The van der Waals surface area contributed by atoms with Gasteiger partial charge in [-0.05, 0) is 56.6 Å². The maximum Gasteiger partial charge on any atom is 0.136 e. The van der Waals surface area contributed by atoms with Gasteiger partial charge in [-0.1, -0.05) is 48.1 Å². The Bertz CT molecular complexity index is 688. The van der Waals surface area contributed by atoms with Gasteiger partial charge in [0.15, 0.2) is 0 Å². The van der Waals surface area contributed by atoms with Crippen molar-refractivity contribution in [2.75, 3.05) is 6.54 Å². The minimum absolute atomic E-state index is 0.0462. The van der Waals surface area contributed by atoms with E-state index in [1.165, 1.54) is 11.1 Å². The summed E-state index contributed by atoms with van der Waals surface area (Å²) in [5.74, 6) is 0.227. The summed E-state index contributed by atoms with van der Waals surface area (Å²) in [4.78, 5) is 0. The quantitative estimate of drug-likeness (QED) is 0.463. The van der Waals surface area contributed by atoms with Crippen LogP contribution in [0, 0.1) is 5.92 Å². The van der Waals surface area contributed by atoms with E-state index in [0.717, 1.165) is 18.4 Å². The molecule has 154 valence electrons. The third kappa shape index (κ3) is 5.31. The van der Waals surface area contributed by atoms with Gasteiger partial charge in [0.1, 0.15) is 12.3 Å². The van der Waals surface area contributed by atoms with Crippen molar-refractivity contribution in [1.29, 1.82) is 0 Å². The van der Waals surface area contributed by atoms with Gasteiger partial charge < -0.3 is 20.7 Å². The van der Waals surface area contributed by atoms with Crippen LogP contribution in [0.5, 0.6) is 0 Å². The second-order valence-corrected chi connectivity index (χ2v) is 8.08. The molecule has 1 saturated heterocycles. The zero-order valence-corrected chi connectivity index (χ0v) is 16.9. The van der Waals surface area contributed by atoms with Gasteiger partial charge in [-0.3, -0.25) is 5.32 Å². The van der Waals surface area contributed by atoms with Gasteiger partial charge >= 0.3 is 0 Å². The normalized spacial score (nSPS) is 29.5. The van der Waals surface area contributed by atoms with Crippen molar-refractivity contribution in [3.63, 3.8) is 0 Å². The zero-order chi connectivity index (χ0) is 20.1. The summed E-state index contributed by atoms with van der Waals surface area (Å²) in [6.07, 6.45) is 6.33. The van der Waals surface area contributed by atoms with E-state index in [9.17, 15) is 10.2 Å². The first-order chi connectivity index (χ1) is 13.5. The molecule has 0 radical (unpaired) electrons. The topological polar surface area (TPSA) is 91.0 Å². The molecule has 0 bridgehead atoms. The SMILES string of the molecule is CC=CC1=C(C)CC(O)C1NC1OC1C(CCc1ccccc1)CC(O)CN.